The first-order valence-electron chi connectivity index (χ1n) is 8.87. The summed E-state index contributed by atoms with van der Waals surface area (Å²) in [5, 5.41) is 25.1. The summed E-state index contributed by atoms with van der Waals surface area (Å²) in [5.41, 5.74) is 4.39. The Morgan fingerprint density at radius 1 is 0.966 bits per heavy atom. The second-order valence-corrected chi connectivity index (χ2v) is 6.65. The molecule has 0 atom stereocenters. The summed E-state index contributed by atoms with van der Waals surface area (Å²) < 4.78 is 14.1. The summed E-state index contributed by atoms with van der Waals surface area (Å²) >= 11 is 0. The van der Waals surface area contributed by atoms with Gasteiger partial charge in [0, 0.05) is 0 Å². The molecule has 0 heterocycles. The first-order chi connectivity index (χ1) is 13.8. The Kier molecular flexibility index (Phi) is 5.54. The lowest BCUT2D eigenvalue weighted by Crippen LogP contribution is -2.08. The molecule has 5 nitrogen and oxygen atoms in total. The van der Waals surface area contributed by atoms with Crippen LogP contribution in [0.3, 0.4) is 0 Å². The molecule has 0 aromatic heterocycles. The van der Waals surface area contributed by atoms with Gasteiger partial charge in [-0.1, -0.05) is 30.3 Å². The van der Waals surface area contributed by atoms with Gasteiger partial charge in [-0.15, -0.1) is 4.99 Å². The van der Waals surface area contributed by atoms with E-state index < -0.39 is 17.6 Å². The molecular weight excluding hydrogens is 371 g/mol. The number of rotatable bonds is 4. The van der Waals surface area contributed by atoms with Crippen LogP contribution < -0.4 is 0 Å². The molecule has 0 aliphatic carbocycles. The number of amidine groups is 1. The molecule has 0 saturated heterocycles. The van der Waals surface area contributed by atoms with Crippen LogP contribution in [0.15, 0.2) is 65.7 Å². The topological polar surface area (TPSA) is 96.4 Å². The number of aliphatic imine (C=N–C) groups is 1. The smallest absolute Gasteiger partial charge is 0.366 e. The Balaban J connectivity index is 1.90. The molecule has 0 amide bonds. The molecule has 4 N–H and O–H groups in total. The predicted molar refractivity (Wildman–Crippen MR) is 112 cm³/mol. The molecule has 0 aliphatic rings. The largest absolute Gasteiger partial charge is 0.578 e. The summed E-state index contributed by atoms with van der Waals surface area (Å²) in [6.45, 7) is 3.97. The van der Waals surface area contributed by atoms with Gasteiger partial charge < -0.3 is 10.2 Å². The highest BCUT2D eigenvalue weighted by molar-refractivity contribution is 6.08. The molecule has 0 saturated carbocycles. The third-order valence-corrected chi connectivity index (χ3v) is 4.63. The minimum atomic E-state index is -1.25. The van der Waals surface area contributed by atoms with Crippen LogP contribution in [0.1, 0.15) is 32.6 Å². The summed E-state index contributed by atoms with van der Waals surface area (Å²) in [4.78, 5) is 14.8. The molecule has 3 aromatic carbocycles. The summed E-state index contributed by atoms with van der Waals surface area (Å²) in [6, 6.07) is 16.7. The minimum Gasteiger partial charge on any atom is -0.578 e. The lowest BCUT2D eigenvalue weighted by molar-refractivity contribution is 0.0696. The fourth-order valence-electron chi connectivity index (χ4n) is 3.07. The number of aryl methyl sites for hydroxylation is 2. The van der Waals surface area contributed by atoms with Gasteiger partial charge >= 0.3 is 11.9 Å². The van der Waals surface area contributed by atoms with E-state index in [9.17, 15) is 9.18 Å². The van der Waals surface area contributed by atoms with Crippen molar-refractivity contribution in [3.8, 4) is 11.1 Å². The van der Waals surface area contributed by atoms with Gasteiger partial charge in [-0.2, -0.15) is 0 Å². The van der Waals surface area contributed by atoms with E-state index in [1.165, 1.54) is 12.1 Å². The number of benzene rings is 3. The number of aromatic carboxylic acids is 1. The standard InChI is InChI=1S/C23H19FN2O3/c1-13-5-3-4-6-17(13)18-9-7-15(11-14(18)2)22(27)26-21(25)19-10-8-16(23(28)29)12-20(19)24/h3-12H,1-2H3,(H,28,29)(H2,25,26,27)/p+1. The Bertz CT molecular complexity index is 1150. The van der Waals surface area contributed by atoms with Gasteiger partial charge in [-0.05, 0) is 66.4 Å². The number of carboxylic acids is 1. The molecule has 3 rings (SSSR count). The van der Waals surface area contributed by atoms with Crippen molar-refractivity contribution in [2.45, 2.75) is 13.8 Å². The molecule has 0 radical (unpaired) electrons. The highest BCUT2D eigenvalue weighted by Crippen LogP contribution is 2.27. The van der Waals surface area contributed by atoms with Crippen molar-refractivity contribution in [1.82, 2.24) is 0 Å². The van der Waals surface area contributed by atoms with E-state index in [-0.39, 0.29) is 17.0 Å². The third-order valence-electron chi connectivity index (χ3n) is 4.63. The van der Waals surface area contributed by atoms with Crippen molar-refractivity contribution < 1.29 is 19.4 Å². The second kappa shape index (κ2) is 8.06. The fraction of sp³-hybridized carbons (Fsp3) is 0.0870. The van der Waals surface area contributed by atoms with Crippen molar-refractivity contribution in [3.63, 3.8) is 0 Å². The third kappa shape index (κ3) is 4.21. The Morgan fingerprint density at radius 3 is 2.24 bits per heavy atom. The number of nitrogens with one attached hydrogen (secondary N) is 1. The van der Waals surface area contributed by atoms with Crippen LogP contribution in [-0.2, 0) is 0 Å². The van der Waals surface area contributed by atoms with E-state index in [1.54, 1.807) is 6.07 Å². The highest BCUT2D eigenvalue weighted by Gasteiger charge is 2.16. The lowest BCUT2D eigenvalue weighted by atomic mass is 9.95. The molecule has 0 bridgehead atoms. The van der Waals surface area contributed by atoms with Crippen molar-refractivity contribution in [2.24, 2.45) is 4.99 Å². The number of hydrogen-bond donors (Lipinski definition) is 2. The average Bonchev–Trinajstić information content (AvgIpc) is 2.68. The minimum absolute atomic E-state index is 0.159. The Labute approximate surface area is 167 Å². The van der Waals surface area contributed by atoms with Gasteiger partial charge in [-0.25, -0.2) is 9.18 Å². The fourth-order valence-corrected chi connectivity index (χ4v) is 3.07. The Hall–Kier alpha value is -3.80. The van der Waals surface area contributed by atoms with Gasteiger partial charge in [0.05, 0.1) is 16.7 Å². The maximum absolute atomic E-state index is 14.1. The van der Waals surface area contributed by atoms with Gasteiger partial charge in [-0.3, -0.25) is 5.41 Å². The number of nitrogens with zero attached hydrogens (tertiary/aromatic N) is 1. The van der Waals surface area contributed by atoms with Gasteiger partial charge in [0.15, 0.2) is 5.84 Å². The van der Waals surface area contributed by atoms with E-state index in [4.69, 9.17) is 15.6 Å². The second-order valence-electron chi connectivity index (χ2n) is 6.65. The molecule has 6 heteroatoms. The quantitative estimate of drug-likeness (QED) is 0.394. The van der Waals surface area contributed by atoms with Crippen LogP contribution in [-0.4, -0.2) is 27.9 Å². The summed E-state index contributed by atoms with van der Waals surface area (Å²) in [7, 11) is 0. The highest BCUT2D eigenvalue weighted by atomic mass is 19.1. The molecule has 0 spiro atoms. The number of halogens is 1. The van der Waals surface area contributed by atoms with E-state index in [0.29, 0.717) is 5.56 Å². The molecule has 0 unspecified atom stereocenters. The van der Waals surface area contributed by atoms with Crippen molar-refractivity contribution in [1.29, 1.82) is 5.41 Å². The molecule has 0 fully saturated rings. The van der Waals surface area contributed by atoms with E-state index in [0.717, 1.165) is 28.3 Å². The van der Waals surface area contributed by atoms with Gasteiger partial charge in [0.2, 0.25) is 0 Å². The molecule has 0 aliphatic heterocycles. The van der Waals surface area contributed by atoms with Crippen LogP contribution in [0.5, 0.6) is 0 Å². The lowest BCUT2D eigenvalue weighted by Gasteiger charge is -2.10. The van der Waals surface area contributed by atoms with Crippen LogP contribution in [0.2, 0.25) is 0 Å². The van der Waals surface area contributed by atoms with Gasteiger partial charge in [0.1, 0.15) is 5.82 Å². The maximum Gasteiger partial charge on any atom is 0.366 e. The number of hydrogen-bond acceptors (Lipinski definition) is 2. The average molecular weight is 391 g/mol. The SMILES string of the molecule is Cc1ccccc1-c1ccc(C([OH2+])=NC(=N)c2ccc(C(=O)O)cc2F)cc1C. The molecule has 146 valence electrons. The monoisotopic (exact) mass is 391 g/mol. The zero-order valence-electron chi connectivity index (χ0n) is 16.0. The zero-order chi connectivity index (χ0) is 21.1. The van der Waals surface area contributed by atoms with Crippen molar-refractivity contribution in [3.05, 3.63) is 94.3 Å². The van der Waals surface area contributed by atoms with Crippen LogP contribution in [0, 0.1) is 25.1 Å². The van der Waals surface area contributed by atoms with Crippen molar-refractivity contribution >= 4 is 17.7 Å². The van der Waals surface area contributed by atoms with E-state index in [1.807, 2.05) is 50.2 Å². The van der Waals surface area contributed by atoms with Crippen molar-refractivity contribution in [2.75, 3.05) is 0 Å². The first kappa shape index (κ1) is 19.9. The van der Waals surface area contributed by atoms with E-state index in [2.05, 4.69) is 4.99 Å². The molecule has 3 aromatic rings. The van der Waals surface area contributed by atoms with E-state index >= 15 is 0 Å². The summed E-state index contributed by atoms with van der Waals surface area (Å²) in [5.74, 6) is -2.73. The molecule has 29 heavy (non-hydrogen) atoms. The number of carbonyl (C=O) groups is 1. The predicted octanol–water partition coefficient (Wildman–Crippen LogP) is 4.30. The molecular formula is C23H20FN2O3+. The Morgan fingerprint density at radius 2 is 1.62 bits per heavy atom. The first-order valence-corrected chi connectivity index (χ1v) is 8.87. The maximum atomic E-state index is 14.1. The van der Waals surface area contributed by atoms with Crippen LogP contribution >= 0.6 is 0 Å². The number of carboxylic acid groups (broad SMARTS) is 1. The van der Waals surface area contributed by atoms with Crippen LogP contribution in [0.4, 0.5) is 4.39 Å². The normalized spacial score (nSPS) is 11.3. The zero-order valence-corrected chi connectivity index (χ0v) is 16.0. The summed E-state index contributed by atoms with van der Waals surface area (Å²) in [6.07, 6.45) is 0. The van der Waals surface area contributed by atoms with Gasteiger partial charge in [0.25, 0.3) is 0 Å². The van der Waals surface area contributed by atoms with Crippen LogP contribution in [0.25, 0.3) is 11.1 Å².